The zero-order chi connectivity index (χ0) is 10.3. The second-order valence-electron chi connectivity index (χ2n) is 5.20. The summed E-state index contributed by atoms with van der Waals surface area (Å²) in [6, 6.07) is 6.72. The van der Waals surface area contributed by atoms with Crippen LogP contribution in [0.2, 0.25) is 0 Å². The van der Waals surface area contributed by atoms with Crippen LogP contribution in [0.25, 0.3) is 0 Å². The molecule has 0 amide bonds. The van der Waals surface area contributed by atoms with Crippen LogP contribution >= 0.6 is 0 Å². The number of fused-ring (bicyclic) bond motifs is 1. The lowest BCUT2D eigenvalue weighted by atomic mass is 9.82. The molecule has 0 spiro atoms. The van der Waals surface area contributed by atoms with E-state index in [4.69, 9.17) is 0 Å². The second kappa shape index (κ2) is 3.01. The first-order valence-corrected chi connectivity index (χ1v) is 5.37. The van der Waals surface area contributed by atoms with Gasteiger partial charge in [-0.25, -0.2) is 0 Å². The molecule has 1 aliphatic heterocycles. The second-order valence-corrected chi connectivity index (χ2v) is 5.20. The maximum absolute atomic E-state index is 3.61. The molecule has 0 bridgehead atoms. The van der Waals surface area contributed by atoms with Gasteiger partial charge < -0.3 is 5.32 Å². The van der Waals surface area contributed by atoms with Crippen LogP contribution < -0.4 is 5.32 Å². The van der Waals surface area contributed by atoms with Crippen molar-refractivity contribution in [2.24, 2.45) is 0 Å². The molecule has 0 saturated carbocycles. The van der Waals surface area contributed by atoms with Crippen molar-refractivity contribution in [1.82, 2.24) is 0 Å². The Kier molecular flexibility index (Phi) is 2.06. The van der Waals surface area contributed by atoms with Gasteiger partial charge in [-0.2, -0.15) is 0 Å². The van der Waals surface area contributed by atoms with E-state index in [0.717, 1.165) is 0 Å². The van der Waals surface area contributed by atoms with Gasteiger partial charge in [0.25, 0.3) is 0 Å². The molecule has 1 aromatic rings. The Morgan fingerprint density at radius 2 is 2.07 bits per heavy atom. The SMILES string of the molecule is Cc1ccc2c(c1)NC(C)(C)C[C@H]2C. The van der Waals surface area contributed by atoms with E-state index >= 15 is 0 Å². The number of aryl methyl sites for hydroxylation is 1. The standard InChI is InChI=1S/C13H19N/c1-9-5-6-11-10(2)8-13(3,4)14-12(11)7-9/h5-7,10,14H,8H2,1-4H3/t10-/m1/s1. The van der Waals surface area contributed by atoms with Crippen LogP contribution in [0.1, 0.15) is 44.2 Å². The van der Waals surface area contributed by atoms with Crippen LogP contribution in [0.15, 0.2) is 18.2 Å². The van der Waals surface area contributed by atoms with E-state index in [1.165, 1.54) is 23.2 Å². The minimum absolute atomic E-state index is 0.236. The fourth-order valence-corrected chi connectivity index (χ4v) is 2.50. The highest BCUT2D eigenvalue weighted by Crippen LogP contribution is 2.38. The van der Waals surface area contributed by atoms with Crippen LogP contribution in [0.5, 0.6) is 0 Å². The predicted octanol–water partition coefficient (Wildman–Crippen LogP) is 3.69. The minimum atomic E-state index is 0.236. The maximum Gasteiger partial charge on any atom is 0.0382 e. The first kappa shape index (κ1) is 9.57. The lowest BCUT2D eigenvalue weighted by molar-refractivity contribution is 0.454. The molecule has 1 heteroatoms. The lowest BCUT2D eigenvalue weighted by Gasteiger charge is -2.37. The van der Waals surface area contributed by atoms with Crippen LogP contribution in [-0.4, -0.2) is 5.54 Å². The highest BCUT2D eigenvalue weighted by Gasteiger charge is 2.28. The summed E-state index contributed by atoms with van der Waals surface area (Å²) >= 11 is 0. The Morgan fingerprint density at radius 1 is 1.36 bits per heavy atom. The fourth-order valence-electron chi connectivity index (χ4n) is 2.50. The molecule has 1 N–H and O–H groups in total. The number of rotatable bonds is 0. The molecule has 1 aromatic carbocycles. The maximum atomic E-state index is 3.61. The van der Waals surface area contributed by atoms with Crippen molar-refractivity contribution in [2.45, 2.75) is 45.6 Å². The molecule has 14 heavy (non-hydrogen) atoms. The van der Waals surface area contributed by atoms with Crippen molar-refractivity contribution < 1.29 is 0 Å². The molecule has 0 fully saturated rings. The highest BCUT2D eigenvalue weighted by atomic mass is 15.0. The van der Waals surface area contributed by atoms with E-state index in [2.05, 4.69) is 51.2 Å². The van der Waals surface area contributed by atoms with Crippen molar-refractivity contribution in [3.05, 3.63) is 29.3 Å². The Hall–Kier alpha value is -0.980. The molecule has 1 nitrogen and oxygen atoms in total. The number of hydrogen-bond donors (Lipinski definition) is 1. The third-order valence-corrected chi connectivity index (χ3v) is 3.03. The number of benzene rings is 1. The van der Waals surface area contributed by atoms with Gasteiger partial charge in [0.2, 0.25) is 0 Å². The summed E-state index contributed by atoms with van der Waals surface area (Å²) in [5.74, 6) is 0.668. The minimum Gasteiger partial charge on any atom is -0.380 e. The van der Waals surface area contributed by atoms with Crippen molar-refractivity contribution in [2.75, 3.05) is 5.32 Å². The smallest absolute Gasteiger partial charge is 0.0382 e. The molecule has 1 atom stereocenters. The van der Waals surface area contributed by atoms with Crippen LogP contribution in [-0.2, 0) is 0 Å². The van der Waals surface area contributed by atoms with E-state index in [-0.39, 0.29) is 5.54 Å². The van der Waals surface area contributed by atoms with Gasteiger partial charge in [-0.3, -0.25) is 0 Å². The molecular formula is C13H19N. The normalized spacial score (nSPS) is 23.9. The van der Waals surface area contributed by atoms with E-state index in [0.29, 0.717) is 5.92 Å². The Bertz CT molecular complexity index is 352. The van der Waals surface area contributed by atoms with Crippen LogP contribution in [0.4, 0.5) is 5.69 Å². The molecular weight excluding hydrogens is 170 g/mol. The Labute approximate surface area is 86.5 Å². The third kappa shape index (κ3) is 1.63. The average molecular weight is 189 g/mol. The molecule has 2 rings (SSSR count). The van der Waals surface area contributed by atoms with Crippen molar-refractivity contribution in [3.8, 4) is 0 Å². The summed E-state index contributed by atoms with van der Waals surface area (Å²) in [6.07, 6.45) is 1.21. The first-order valence-electron chi connectivity index (χ1n) is 5.37. The van der Waals surface area contributed by atoms with Gasteiger partial charge in [0.05, 0.1) is 0 Å². The lowest BCUT2D eigenvalue weighted by Crippen LogP contribution is -2.36. The largest absolute Gasteiger partial charge is 0.380 e. The zero-order valence-corrected chi connectivity index (χ0v) is 9.52. The van der Waals surface area contributed by atoms with Gasteiger partial charge in [-0.05, 0) is 50.3 Å². The topological polar surface area (TPSA) is 12.0 Å². The van der Waals surface area contributed by atoms with Gasteiger partial charge in [-0.15, -0.1) is 0 Å². The predicted molar refractivity (Wildman–Crippen MR) is 61.9 cm³/mol. The molecule has 0 aliphatic carbocycles. The quantitative estimate of drug-likeness (QED) is 0.656. The summed E-state index contributed by atoms with van der Waals surface area (Å²) in [4.78, 5) is 0. The van der Waals surface area contributed by atoms with E-state index in [1.807, 2.05) is 0 Å². The van der Waals surface area contributed by atoms with Crippen LogP contribution in [0, 0.1) is 6.92 Å². The highest BCUT2D eigenvalue weighted by molar-refractivity contribution is 5.58. The van der Waals surface area contributed by atoms with Crippen molar-refractivity contribution in [3.63, 3.8) is 0 Å². The molecule has 0 unspecified atom stereocenters. The van der Waals surface area contributed by atoms with E-state index < -0.39 is 0 Å². The summed E-state index contributed by atoms with van der Waals surface area (Å²) in [6.45, 7) is 9.01. The molecule has 0 saturated heterocycles. The Morgan fingerprint density at radius 3 is 2.79 bits per heavy atom. The third-order valence-electron chi connectivity index (χ3n) is 3.03. The van der Waals surface area contributed by atoms with Gasteiger partial charge in [0.15, 0.2) is 0 Å². The summed E-state index contributed by atoms with van der Waals surface area (Å²) in [5, 5.41) is 3.61. The van der Waals surface area contributed by atoms with E-state index in [9.17, 15) is 0 Å². The molecule has 1 aliphatic rings. The van der Waals surface area contributed by atoms with Crippen LogP contribution in [0.3, 0.4) is 0 Å². The Balaban J connectivity index is 2.46. The van der Waals surface area contributed by atoms with Gasteiger partial charge in [0, 0.05) is 11.2 Å². The summed E-state index contributed by atoms with van der Waals surface area (Å²) in [7, 11) is 0. The molecule has 1 heterocycles. The summed E-state index contributed by atoms with van der Waals surface area (Å²) in [5.41, 5.74) is 4.37. The summed E-state index contributed by atoms with van der Waals surface area (Å²) < 4.78 is 0. The molecule has 0 radical (unpaired) electrons. The monoisotopic (exact) mass is 189 g/mol. The number of nitrogens with one attached hydrogen (secondary N) is 1. The number of anilines is 1. The van der Waals surface area contributed by atoms with E-state index in [1.54, 1.807) is 0 Å². The van der Waals surface area contributed by atoms with Crippen molar-refractivity contribution in [1.29, 1.82) is 0 Å². The van der Waals surface area contributed by atoms with Gasteiger partial charge in [-0.1, -0.05) is 19.1 Å². The first-order chi connectivity index (χ1) is 6.48. The number of hydrogen-bond acceptors (Lipinski definition) is 1. The average Bonchev–Trinajstić information content (AvgIpc) is 2.00. The van der Waals surface area contributed by atoms with Crippen molar-refractivity contribution >= 4 is 5.69 Å². The van der Waals surface area contributed by atoms with Gasteiger partial charge >= 0.3 is 0 Å². The fraction of sp³-hybridized carbons (Fsp3) is 0.538. The zero-order valence-electron chi connectivity index (χ0n) is 9.52. The van der Waals surface area contributed by atoms with Gasteiger partial charge in [0.1, 0.15) is 0 Å². The molecule has 0 aromatic heterocycles. The molecule has 76 valence electrons.